The van der Waals surface area contributed by atoms with Crippen LogP contribution in [0.15, 0.2) is 54.6 Å². The highest BCUT2D eigenvalue weighted by Crippen LogP contribution is 2.40. The maximum Gasteiger partial charge on any atom is 0.416 e. The van der Waals surface area contributed by atoms with Gasteiger partial charge in [0.2, 0.25) is 0 Å². The highest BCUT2D eigenvalue weighted by Gasteiger charge is 2.32. The second kappa shape index (κ2) is 13.8. The largest absolute Gasteiger partial charge is 0.496 e. The monoisotopic (exact) mass is 596 g/mol. The summed E-state index contributed by atoms with van der Waals surface area (Å²) in [7, 11) is 1.44. The van der Waals surface area contributed by atoms with Gasteiger partial charge in [-0.15, -0.1) is 0 Å². The molecule has 0 heterocycles. The van der Waals surface area contributed by atoms with Gasteiger partial charge in [-0.2, -0.15) is 13.2 Å². The minimum Gasteiger partial charge on any atom is -0.496 e. The van der Waals surface area contributed by atoms with Crippen LogP contribution in [0.5, 0.6) is 5.75 Å². The molecule has 3 rings (SSSR count). The molecule has 0 bridgehead atoms. The van der Waals surface area contributed by atoms with Gasteiger partial charge in [0.25, 0.3) is 0 Å². The normalized spacial score (nSPS) is 12.0. The third-order valence-electron chi connectivity index (χ3n) is 6.11. The van der Waals surface area contributed by atoms with E-state index < -0.39 is 29.8 Å². The van der Waals surface area contributed by atoms with E-state index in [-0.39, 0.29) is 25.1 Å². The van der Waals surface area contributed by atoms with Crippen molar-refractivity contribution in [1.29, 1.82) is 0 Å². The maximum absolute atomic E-state index is 13.7. The van der Waals surface area contributed by atoms with Crippen LogP contribution >= 0.6 is 23.2 Å². The number of amides is 2. The Bertz CT molecular complexity index is 1370. The fraction of sp³-hybridized carbons (Fsp3) is 0.310. The van der Waals surface area contributed by atoms with E-state index in [0.29, 0.717) is 44.5 Å². The summed E-state index contributed by atoms with van der Waals surface area (Å²) in [6, 6.07) is 11.9. The second-order valence-corrected chi connectivity index (χ2v) is 9.67. The van der Waals surface area contributed by atoms with Crippen LogP contribution in [0.1, 0.15) is 48.6 Å². The average Bonchev–Trinajstić information content (AvgIpc) is 2.91. The summed E-state index contributed by atoms with van der Waals surface area (Å²) in [5.41, 5.74) is 1.58. The standard InChI is InChI=1S/C29H29Cl2F3N2O4/c1-4-25(36-28(38)35-16-18-6-10-23(30)24(31)13-18)21-15-19(29(32,33)34)8-9-20(21)22-12-17(7-11-26(22)39-3)14-27(37)40-5-2/h6-13,15,25H,4-5,14,16H2,1-3H3,(H2,35,36,38). The van der Waals surface area contributed by atoms with Crippen LogP contribution in [0.25, 0.3) is 11.1 Å². The van der Waals surface area contributed by atoms with Crippen molar-refractivity contribution in [1.82, 2.24) is 10.6 Å². The summed E-state index contributed by atoms with van der Waals surface area (Å²) >= 11 is 12.0. The Labute approximate surface area is 240 Å². The van der Waals surface area contributed by atoms with Crippen molar-refractivity contribution < 1.29 is 32.2 Å². The molecule has 40 heavy (non-hydrogen) atoms. The fourth-order valence-corrected chi connectivity index (χ4v) is 4.49. The van der Waals surface area contributed by atoms with Gasteiger partial charge >= 0.3 is 18.2 Å². The van der Waals surface area contributed by atoms with Crippen LogP contribution < -0.4 is 15.4 Å². The first-order valence-electron chi connectivity index (χ1n) is 12.5. The van der Waals surface area contributed by atoms with Gasteiger partial charge in [0, 0.05) is 12.1 Å². The molecule has 3 aromatic rings. The topological polar surface area (TPSA) is 76.7 Å². The van der Waals surface area contributed by atoms with Crippen molar-refractivity contribution >= 4 is 35.2 Å². The van der Waals surface area contributed by atoms with E-state index in [0.717, 1.165) is 12.1 Å². The van der Waals surface area contributed by atoms with Crippen molar-refractivity contribution in [2.75, 3.05) is 13.7 Å². The van der Waals surface area contributed by atoms with E-state index in [1.807, 2.05) is 0 Å². The van der Waals surface area contributed by atoms with Gasteiger partial charge in [0.15, 0.2) is 0 Å². The zero-order valence-corrected chi connectivity index (χ0v) is 23.6. The Morgan fingerprint density at radius 3 is 2.27 bits per heavy atom. The number of methoxy groups -OCH3 is 1. The van der Waals surface area contributed by atoms with Crippen LogP contribution in [-0.4, -0.2) is 25.7 Å². The van der Waals surface area contributed by atoms with E-state index in [9.17, 15) is 22.8 Å². The molecule has 3 aromatic carbocycles. The quantitative estimate of drug-likeness (QED) is 0.235. The molecule has 214 valence electrons. The number of alkyl halides is 3. The van der Waals surface area contributed by atoms with E-state index in [2.05, 4.69) is 10.6 Å². The lowest BCUT2D eigenvalue weighted by Gasteiger charge is -2.24. The smallest absolute Gasteiger partial charge is 0.416 e. The molecule has 1 atom stereocenters. The van der Waals surface area contributed by atoms with Crippen molar-refractivity contribution in [2.45, 2.75) is 45.5 Å². The number of rotatable bonds is 10. The molecule has 2 amide bonds. The molecule has 0 aliphatic rings. The number of hydrogen-bond acceptors (Lipinski definition) is 4. The number of carbonyl (C=O) groups excluding carboxylic acids is 2. The minimum absolute atomic E-state index is 0.0205. The number of esters is 1. The van der Waals surface area contributed by atoms with Crippen molar-refractivity contribution in [3.05, 3.63) is 86.9 Å². The molecular formula is C29H29Cl2F3N2O4. The summed E-state index contributed by atoms with van der Waals surface area (Å²) in [6.07, 6.45) is -4.33. The van der Waals surface area contributed by atoms with Crippen molar-refractivity contribution in [3.8, 4) is 16.9 Å². The third-order valence-corrected chi connectivity index (χ3v) is 6.85. The lowest BCUT2D eigenvalue weighted by Crippen LogP contribution is -2.37. The van der Waals surface area contributed by atoms with Crippen LogP contribution in [0.3, 0.4) is 0 Å². The van der Waals surface area contributed by atoms with E-state index >= 15 is 0 Å². The molecular weight excluding hydrogens is 568 g/mol. The molecule has 1 unspecified atom stereocenters. The zero-order chi connectivity index (χ0) is 29.4. The van der Waals surface area contributed by atoms with Gasteiger partial charge in [-0.25, -0.2) is 4.79 Å². The summed E-state index contributed by atoms with van der Waals surface area (Å²) < 4.78 is 51.7. The Hall–Kier alpha value is -3.43. The molecule has 0 saturated heterocycles. The summed E-state index contributed by atoms with van der Waals surface area (Å²) in [5, 5.41) is 6.19. The number of ether oxygens (including phenoxy) is 2. The average molecular weight is 597 g/mol. The number of carbonyl (C=O) groups is 2. The lowest BCUT2D eigenvalue weighted by molar-refractivity contribution is -0.142. The van der Waals surface area contributed by atoms with E-state index in [1.165, 1.54) is 13.2 Å². The highest BCUT2D eigenvalue weighted by atomic mass is 35.5. The van der Waals surface area contributed by atoms with Gasteiger partial charge in [-0.3, -0.25) is 4.79 Å². The number of halogens is 5. The molecule has 0 fully saturated rings. The predicted molar refractivity (Wildman–Crippen MR) is 149 cm³/mol. The van der Waals surface area contributed by atoms with Gasteiger partial charge in [0.05, 0.1) is 41.8 Å². The van der Waals surface area contributed by atoms with Crippen molar-refractivity contribution in [3.63, 3.8) is 0 Å². The summed E-state index contributed by atoms with van der Waals surface area (Å²) in [6.45, 7) is 3.80. The van der Waals surface area contributed by atoms with Crippen LogP contribution in [-0.2, 0) is 28.7 Å². The number of nitrogens with one attached hydrogen (secondary N) is 2. The highest BCUT2D eigenvalue weighted by molar-refractivity contribution is 6.42. The van der Waals surface area contributed by atoms with Crippen LogP contribution in [0.4, 0.5) is 18.0 Å². The van der Waals surface area contributed by atoms with E-state index in [4.69, 9.17) is 32.7 Å². The first kappa shape index (κ1) is 31.1. The summed E-state index contributed by atoms with van der Waals surface area (Å²) in [4.78, 5) is 24.9. The maximum atomic E-state index is 13.7. The van der Waals surface area contributed by atoms with Crippen LogP contribution in [0.2, 0.25) is 10.0 Å². The number of urea groups is 1. The second-order valence-electron chi connectivity index (χ2n) is 8.85. The number of hydrogen-bond donors (Lipinski definition) is 2. The Kier molecular flexibility index (Phi) is 10.7. The number of benzene rings is 3. The molecule has 2 N–H and O–H groups in total. The van der Waals surface area contributed by atoms with E-state index in [1.54, 1.807) is 50.2 Å². The fourth-order valence-electron chi connectivity index (χ4n) is 4.17. The molecule has 0 aliphatic heterocycles. The molecule has 0 radical (unpaired) electrons. The molecule has 0 aliphatic carbocycles. The zero-order valence-electron chi connectivity index (χ0n) is 22.1. The first-order chi connectivity index (χ1) is 19.0. The third kappa shape index (κ3) is 8.05. The summed E-state index contributed by atoms with van der Waals surface area (Å²) in [5.74, 6) is -0.0365. The minimum atomic E-state index is -4.60. The van der Waals surface area contributed by atoms with Gasteiger partial charge < -0.3 is 20.1 Å². The lowest BCUT2D eigenvalue weighted by atomic mass is 9.90. The molecule has 0 spiro atoms. The first-order valence-corrected chi connectivity index (χ1v) is 13.2. The molecule has 6 nitrogen and oxygen atoms in total. The van der Waals surface area contributed by atoms with Gasteiger partial charge in [-0.05, 0) is 72.0 Å². The molecule has 0 aromatic heterocycles. The Balaban J connectivity index is 1.98. The van der Waals surface area contributed by atoms with Crippen LogP contribution in [0, 0.1) is 0 Å². The predicted octanol–water partition coefficient (Wildman–Crippen LogP) is 7.74. The molecule has 0 saturated carbocycles. The van der Waals surface area contributed by atoms with Crippen molar-refractivity contribution in [2.24, 2.45) is 0 Å². The Morgan fingerprint density at radius 1 is 0.925 bits per heavy atom. The van der Waals surface area contributed by atoms with Gasteiger partial charge in [-0.1, -0.05) is 48.3 Å². The molecule has 11 heteroatoms. The SMILES string of the molecule is CCOC(=O)Cc1ccc(OC)c(-c2ccc(C(F)(F)F)cc2C(CC)NC(=O)NCc2ccc(Cl)c(Cl)c2)c1. The van der Waals surface area contributed by atoms with Gasteiger partial charge in [0.1, 0.15) is 5.75 Å². The Morgan fingerprint density at radius 2 is 1.65 bits per heavy atom.